The summed E-state index contributed by atoms with van der Waals surface area (Å²) in [6.07, 6.45) is 3.97. The number of carbonyl (C=O) groups excluding carboxylic acids is 1. The normalized spacial score (nSPS) is 14.8. The van der Waals surface area contributed by atoms with Crippen molar-refractivity contribution in [3.63, 3.8) is 0 Å². The molecule has 1 fully saturated rings. The maximum Gasteiger partial charge on any atom is 0.275 e. The predicted octanol–water partition coefficient (Wildman–Crippen LogP) is 4.00. The first kappa shape index (κ1) is 19.2. The van der Waals surface area contributed by atoms with E-state index in [9.17, 15) is 4.79 Å². The fourth-order valence-electron chi connectivity index (χ4n) is 3.87. The van der Waals surface area contributed by atoms with Gasteiger partial charge in [-0.2, -0.15) is 0 Å². The molecule has 0 N–H and O–H groups in total. The lowest BCUT2D eigenvalue weighted by molar-refractivity contribution is 0.0706. The number of pyridine rings is 1. The fraction of sp³-hybridized carbons (Fsp3) is 0.348. The third-order valence-corrected chi connectivity index (χ3v) is 5.43. The molecule has 3 aromatic rings. The second-order valence-electron chi connectivity index (χ2n) is 7.36. The largest absolute Gasteiger partial charge is 0.496 e. The number of oxazole rings is 1. The van der Waals surface area contributed by atoms with Crippen LogP contribution in [0.15, 0.2) is 53.1 Å². The molecule has 2 aromatic heterocycles. The van der Waals surface area contributed by atoms with Gasteiger partial charge in [-0.3, -0.25) is 9.78 Å². The standard InChI is InChI=1S/C23H25N3O3/c1-16-24-21(15-29-16)23(27)26-12-10-17(11-13-26)20-8-5-7-19(25-20)14-18-6-3-4-9-22(18)28-2/h3-9,15,17H,10-14H2,1-2H3. The third kappa shape index (κ3) is 4.31. The number of aryl methyl sites for hydroxylation is 1. The highest BCUT2D eigenvalue weighted by Gasteiger charge is 2.26. The molecule has 0 spiro atoms. The van der Waals surface area contributed by atoms with Crippen LogP contribution >= 0.6 is 0 Å². The van der Waals surface area contributed by atoms with Crippen LogP contribution in [0.25, 0.3) is 0 Å². The molecule has 1 aliphatic heterocycles. The molecule has 6 nitrogen and oxygen atoms in total. The summed E-state index contributed by atoms with van der Waals surface area (Å²) >= 11 is 0. The second kappa shape index (κ2) is 8.47. The van der Waals surface area contributed by atoms with Gasteiger partial charge in [0, 0.05) is 49.3 Å². The molecular formula is C23H25N3O3. The smallest absolute Gasteiger partial charge is 0.275 e. The molecule has 0 saturated carbocycles. The third-order valence-electron chi connectivity index (χ3n) is 5.43. The van der Waals surface area contributed by atoms with Crippen molar-refractivity contribution in [1.29, 1.82) is 0 Å². The summed E-state index contributed by atoms with van der Waals surface area (Å²) in [4.78, 5) is 23.5. The minimum atomic E-state index is -0.0572. The average Bonchev–Trinajstić information content (AvgIpc) is 3.20. The predicted molar refractivity (Wildman–Crippen MR) is 109 cm³/mol. The van der Waals surface area contributed by atoms with Crippen LogP contribution in [0.4, 0.5) is 0 Å². The molecule has 3 heterocycles. The first-order valence-electron chi connectivity index (χ1n) is 9.93. The molecule has 0 radical (unpaired) electrons. The van der Waals surface area contributed by atoms with Crippen molar-refractivity contribution in [2.45, 2.75) is 32.1 Å². The monoisotopic (exact) mass is 391 g/mol. The molecule has 0 unspecified atom stereocenters. The van der Waals surface area contributed by atoms with Gasteiger partial charge in [0.05, 0.1) is 7.11 Å². The minimum absolute atomic E-state index is 0.0572. The van der Waals surface area contributed by atoms with Crippen LogP contribution in [0.3, 0.4) is 0 Å². The van der Waals surface area contributed by atoms with Crippen LogP contribution in [-0.4, -0.2) is 41.0 Å². The van der Waals surface area contributed by atoms with E-state index < -0.39 is 0 Å². The summed E-state index contributed by atoms with van der Waals surface area (Å²) in [6.45, 7) is 3.15. The average molecular weight is 391 g/mol. The quantitative estimate of drug-likeness (QED) is 0.658. The van der Waals surface area contributed by atoms with E-state index in [0.717, 1.165) is 42.0 Å². The van der Waals surface area contributed by atoms with Crippen LogP contribution < -0.4 is 4.74 Å². The molecule has 0 bridgehead atoms. The zero-order valence-electron chi connectivity index (χ0n) is 16.8. The number of likely N-dealkylation sites (tertiary alicyclic amines) is 1. The van der Waals surface area contributed by atoms with E-state index in [0.29, 0.717) is 30.6 Å². The summed E-state index contributed by atoms with van der Waals surface area (Å²) in [5.74, 6) is 1.70. The van der Waals surface area contributed by atoms with Gasteiger partial charge >= 0.3 is 0 Å². The van der Waals surface area contributed by atoms with E-state index in [1.807, 2.05) is 23.1 Å². The Morgan fingerprint density at radius 1 is 1.14 bits per heavy atom. The Morgan fingerprint density at radius 3 is 2.66 bits per heavy atom. The van der Waals surface area contributed by atoms with Gasteiger partial charge in [-0.25, -0.2) is 4.98 Å². The first-order valence-corrected chi connectivity index (χ1v) is 9.93. The van der Waals surface area contributed by atoms with Crippen molar-refractivity contribution in [2.75, 3.05) is 20.2 Å². The minimum Gasteiger partial charge on any atom is -0.496 e. The summed E-state index contributed by atoms with van der Waals surface area (Å²) < 4.78 is 10.6. The zero-order valence-corrected chi connectivity index (χ0v) is 16.8. The first-order chi connectivity index (χ1) is 14.1. The van der Waals surface area contributed by atoms with E-state index in [-0.39, 0.29) is 5.91 Å². The van der Waals surface area contributed by atoms with Crippen LogP contribution in [0.1, 0.15) is 52.1 Å². The summed E-state index contributed by atoms with van der Waals surface area (Å²) in [5.41, 5.74) is 3.64. The Balaban J connectivity index is 1.41. The highest BCUT2D eigenvalue weighted by Crippen LogP contribution is 2.28. The Kier molecular flexibility index (Phi) is 5.60. The molecule has 4 rings (SSSR count). The van der Waals surface area contributed by atoms with Crippen LogP contribution in [0.5, 0.6) is 5.75 Å². The van der Waals surface area contributed by atoms with Crippen LogP contribution in [0, 0.1) is 6.92 Å². The van der Waals surface area contributed by atoms with Crippen LogP contribution in [0.2, 0.25) is 0 Å². The number of hydrogen-bond donors (Lipinski definition) is 0. The van der Waals surface area contributed by atoms with Crippen LogP contribution in [-0.2, 0) is 6.42 Å². The van der Waals surface area contributed by atoms with Crippen molar-refractivity contribution < 1.29 is 13.9 Å². The fourth-order valence-corrected chi connectivity index (χ4v) is 3.87. The molecule has 1 aliphatic rings. The van der Waals surface area contributed by atoms with E-state index in [2.05, 4.69) is 29.2 Å². The van der Waals surface area contributed by atoms with Crippen molar-refractivity contribution in [1.82, 2.24) is 14.9 Å². The highest BCUT2D eigenvalue weighted by molar-refractivity contribution is 5.92. The number of amides is 1. The van der Waals surface area contributed by atoms with Gasteiger partial charge < -0.3 is 14.1 Å². The number of rotatable bonds is 5. The molecule has 6 heteroatoms. The number of nitrogens with zero attached hydrogens (tertiary/aromatic N) is 3. The number of carbonyl (C=O) groups is 1. The Morgan fingerprint density at radius 2 is 1.93 bits per heavy atom. The molecular weight excluding hydrogens is 366 g/mol. The van der Waals surface area contributed by atoms with Gasteiger partial charge in [0.15, 0.2) is 11.6 Å². The maximum atomic E-state index is 12.5. The number of methoxy groups -OCH3 is 1. The number of aromatic nitrogens is 2. The number of hydrogen-bond acceptors (Lipinski definition) is 5. The lowest BCUT2D eigenvalue weighted by Gasteiger charge is -2.31. The van der Waals surface area contributed by atoms with E-state index >= 15 is 0 Å². The number of benzene rings is 1. The Labute approximate surface area is 170 Å². The Hall–Kier alpha value is -3.15. The summed E-state index contributed by atoms with van der Waals surface area (Å²) in [6, 6.07) is 14.3. The highest BCUT2D eigenvalue weighted by atomic mass is 16.5. The second-order valence-corrected chi connectivity index (χ2v) is 7.36. The molecule has 1 aromatic carbocycles. The van der Waals surface area contributed by atoms with E-state index in [1.54, 1.807) is 14.0 Å². The maximum absolute atomic E-state index is 12.5. The summed E-state index contributed by atoms with van der Waals surface area (Å²) in [5, 5.41) is 0. The Bertz CT molecular complexity index is 990. The van der Waals surface area contributed by atoms with Crippen molar-refractivity contribution in [3.8, 4) is 5.75 Å². The van der Waals surface area contributed by atoms with E-state index in [4.69, 9.17) is 14.1 Å². The molecule has 150 valence electrons. The van der Waals surface area contributed by atoms with Gasteiger partial charge in [0.25, 0.3) is 5.91 Å². The zero-order chi connectivity index (χ0) is 20.2. The van der Waals surface area contributed by atoms with Crippen molar-refractivity contribution >= 4 is 5.91 Å². The van der Waals surface area contributed by atoms with Gasteiger partial charge in [-0.15, -0.1) is 0 Å². The number of para-hydroxylation sites is 1. The van der Waals surface area contributed by atoms with Crippen molar-refractivity contribution in [3.05, 3.63) is 77.3 Å². The van der Waals surface area contributed by atoms with Gasteiger partial charge in [-0.1, -0.05) is 24.3 Å². The molecule has 1 amide bonds. The van der Waals surface area contributed by atoms with Gasteiger partial charge in [0.2, 0.25) is 0 Å². The lowest BCUT2D eigenvalue weighted by atomic mass is 9.92. The van der Waals surface area contributed by atoms with E-state index in [1.165, 1.54) is 6.26 Å². The lowest BCUT2D eigenvalue weighted by Crippen LogP contribution is -2.38. The molecule has 1 saturated heterocycles. The van der Waals surface area contributed by atoms with Crippen molar-refractivity contribution in [2.24, 2.45) is 0 Å². The molecule has 0 atom stereocenters. The molecule has 29 heavy (non-hydrogen) atoms. The number of piperidine rings is 1. The number of ether oxygens (including phenoxy) is 1. The molecule has 0 aliphatic carbocycles. The SMILES string of the molecule is COc1ccccc1Cc1cccc(C2CCN(C(=O)c3coc(C)n3)CC2)n1. The van der Waals surface area contributed by atoms with Gasteiger partial charge in [-0.05, 0) is 31.0 Å². The topological polar surface area (TPSA) is 68.5 Å². The van der Waals surface area contributed by atoms with Gasteiger partial charge in [0.1, 0.15) is 12.0 Å². The summed E-state index contributed by atoms with van der Waals surface area (Å²) in [7, 11) is 1.69.